The van der Waals surface area contributed by atoms with Gasteiger partial charge in [-0.15, -0.1) is 0 Å². The fraction of sp³-hybridized carbons (Fsp3) is 0.444. The monoisotopic (exact) mass is 327 g/mol. The van der Waals surface area contributed by atoms with Gasteiger partial charge in [0.05, 0.1) is 18.9 Å². The van der Waals surface area contributed by atoms with Crippen LogP contribution in [0.3, 0.4) is 0 Å². The molecule has 6 nitrogen and oxygen atoms in total. The van der Waals surface area contributed by atoms with Gasteiger partial charge in [-0.1, -0.05) is 6.07 Å². The van der Waals surface area contributed by atoms with E-state index in [2.05, 4.69) is 15.2 Å². The Labute approximate surface area is 140 Å². The number of hydrogen-bond acceptors (Lipinski definition) is 5. The number of likely N-dealkylation sites (tertiary alicyclic amines) is 1. The van der Waals surface area contributed by atoms with Crippen LogP contribution in [0.2, 0.25) is 0 Å². The van der Waals surface area contributed by atoms with Gasteiger partial charge in [-0.3, -0.25) is 14.7 Å². The highest BCUT2D eigenvalue weighted by atomic mass is 16.5. The zero-order chi connectivity index (χ0) is 16.4. The zero-order valence-corrected chi connectivity index (χ0v) is 13.4. The number of nitrogens with zero attached hydrogens (tertiary/aromatic N) is 2. The number of aromatic nitrogens is 1. The third-order valence-corrected chi connectivity index (χ3v) is 4.81. The predicted molar refractivity (Wildman–Crippen MR) is 86.9 cm³/mol. The molecule has 0 aliphatic carbocycles. The highest BCUT2D eigenvalue weighted by molar-refractivity contribution is 5.81. The first-order valence-electron chi connectivity index (χ1n) is 8.38. The van der Waals surface area contributed by atoms with Gasteiger partial charge in [0.25, 0.3) is 0 Å². The Morgan fingerprint density at radius 2 is 2.33 bits per heavy atom. The molecule has 0 bridgehead atoms. The van der Waals surface area contributed by atoms with E-state index in [9.17, 15) is 4.79 Å². The summed E-state index contributed by atoms with van der Waals surface area (Å²) in [4.78, 5) is 18.8. The molecule has 0 saturated carbocycles. The van der Waals surface area contributed by atoms with Crippen molar-refractivity contribution < 1.29 is 13.9 Å². The van der Waals surface area contributed by atoms with Crippen molar-refractivity contribution in [3.05, 3.63) is 54.2 Å². The summed E-state index contributed by atoms with van der Waals surface area (Å²) in [6.45, 7) is 2.25. The predicted octanol–water partition coefficient (Wildman–Crippen LogP) is 1.72. The third kappa shape index (κ3) is 3.20. The minimum atomic E-state index is -0.365. The van der Waals surface area contributed by atoms with Crippen LogP contribution in [-0.4, -0.2) is 40.6 Å². The molecule has 0 aromatic carbocycles. The maximum atomic E-state index is 12.4. The molecule has 24 heavy (non-hydrogen) atoms. The van der Waals surface area contributed by atoms with Gasteiger partial charge in [0.2, 0.25) is 5.91 Å². The molecular formula is C18H21N3O3. The van der Waals surface area contributed by atoms with Crippen LogP contribution >= 0.6 is 0 Å². The number of nitrogens with one attached hydrogen (secondary N) is 1. The summed E-state index contributed by atoms with van der Waals surface area (Å²) in [5.74, 6) is 0.923. The Hall–Kier alpha value is -2.18. The van der Waals surface area contributed by atoms with E-state index in [1.54, 1.807) is 18.7 Å². The Morgan fingerprint density at radius 3 is 3.12 bits per heavy atom. The van der Waals surface area contributed by atoms with Crippen LogP contribution in [0, 0.1) is 0 Å². The van der Waals surface area contributed by atoms with Crippen molar-refractivity contribution in [1.29, 1.82) is 0 Å². The van der Waals surface area contributed by atoms with Gasteiger partial charge in [0.15, 0.2) is 0 Å². The van der Waals surface area contributed by atoms with E-state index in [0.29, 0.717) is 12.6 Å². The van der Waals surface area contributed by atoms with Gasteiger partial charge in [0, 0.05) is 37.9 Å². The first-order valence-corrected chi connectivity index (χ1v) is 8.38. The van der Waals surface area contributed by atoms with Gasteiger partial charge < -0.3 is 14.5 Å². The maximum absolute atomic E-state index is 12.4. The molecule has 6 heteroatoms. The quantitative estimate of drug-likeness (QED) is 0.906. The van der Waals surface area contributed by atoms with Crippen molar-refractivity contribution >= 4 is 5.91 Å². The fourth-order valence-corrected chi connectivity index (χ4v) is 3.61. The zero-order valence-electron chi connectivity index (χ0n) is 13.4. The first-order chi connectivity index (χ1) is 11.8. The summed E-state index contributed by atoms with van der Waals surface area (Å²) in [5.41, 5.74) is 0.989. The number of fused-ring (bicyclic) bond motifs is 1. The van der Waals surface area contributed by atoms with Gasteiger partial charge in [-0.25, -0.2) is 0 Å². The minimum Gasteiger partial charge on any atom is -0.468 e. The number of furan rings is 1. The number of rotatable bonds is 5. The van der Waals surface area contributed by atoms with Crippen molar-refractivity contribution in [3.8, 4) is 0 Å². The number of carbonyl (C=O) groups excluding carboxylic acids is 1. The van der Waals surface area contributed by atoms with Crippen molar-refractivity contribution in [2.24, 2.45) is 0 Å². The Balaban J connectivity index is 1.31. The molecule has 2 aromatic heterocycles. The van der Waals surface area contributed by atoms with E-state index in [0.717, 1.165) is 37.3 Å². The number of hydrogen-bond donors (Lipinski definition) is 1. The molecule has 2 aliphatic rings. The lowest BCUT2D eigenvalue weighted by Gasteiger charge is -2.21. The average molecular weight is 327 g/mol. The van der Waals surface area contributed by atoms with Crippen LogP contribution in [0.4, 0.5) is 0 Å². The van der Waals surface area contributed by atoms with Crippen LogP contribution in [0.15, 0.2) is 47.3 Å². The maximum Gasteiger partial charge on any atom is 0.249 e. The van der Waals surface area contributed by atoms with E-state index in [1.165, 1.54) is 0 Å². The van der Waals surface area contributed by atoms with Gasteiger partial charge in [-0.2, -0.15) is 0 Å². The molecule has 2 aliphatic heterocycles. The first kappa shape index (κ1) is 15.4. The lowest BCUT2D eigenvalue weighted by atomic mass is 10.1. The Kier molecular flexibility index (Phi) is 4.32. The number of amides is 1. The summed E-state index contributed by atoms with van der Waals surface area (Å²) in [5, 5.41) is 2.95. The largest absolute Gasteiger partial charge is 0.468 e. The molecule has 4 heterocycles. The summed E-state index contributed by atoms with van der Waals surface area (Å²) in [7, 11) is 0. The summed E-state index contributed by atoms with van der Waals surface area (Å²) >= 11 is 0. The standard InChI is InChI=1S/C18H21N3O3/c22-18(20-11-13-3-1-6-19-10-13)17-9-15-16(24-17)5-7-21(15)12-14-4-2-8-23-14/h1-4,6,8,10,15-17H,5,7,9,11-12H2,(H,20,22)/t15-,16-,17+/m0/s1. The minimum absolute atomic E-state index is 0.0359. The Bertz CT molecular complexity index is 674. The molecule has 0 unspecified atom stereocenters. The molecule has 3 atom stereocenters. The number of ether oxygens (including phenoxy) is 1. The topological polar surface area (TPSA) is 67.6 Å². The molecule has 2 fully saturated rings. The molecule has 1 amide bonds. The van der Waals surface area contributed by atoms with Gasteiger partial charge in [0.1, 0.15) is 11.9 Å². The van der Waals surface area contributed by atoms with E-state index in [1.807, 2.05) is 24.3 Å². The number of pyridine rings is 1. The van der Waals surface area contributed by atoms with Crippen molar-refractivity contribution in [2.75, 3.05) is 6.54 Å². The van der Waals surface area contributed by atoms with Crippen LogP contribution in [0.1, 0.15) is 24.2 Å². The van der Waals surface area contributed by atoms with Crippen LogP contribution in [-0.2, 0) is 22.6 Å². The smallest absolute Gasteiger partial charge is 0.249 e. The lowest BCUT2D eigenvalue weighted by molar-refractivity contribution is -0.132. The summed E-state index contributed by atoms with van der Waals surface area (Å²) in [6.07, 6.45) is 6.67. The second kappa shape index (κ2) is 6.75. The molecule has 0 radical (unpaired) electrons. The van der Waals surface area contributed by atoms with E-state index < -0.39 is 0 Å². The fourth-order valence-electron chi connectivity index (χ4n) is 3.61. The molecule has 4 rings (SSSR count). The SMILES string of the molecule is O=C(NCc1cccnc1)[C@H]1C[C@H]2[C@H](CCN2Cc2ccco2)O1. The van der Waals surface area contributed by atoms with Crippen molar-refractivity contribution in [3.63, 3.8) is 0 Å². The second-order valence-corrected chi connectivity index (χ2v) is 6.38. The van der Waals surface area contributed by atoms with Gasteiger partial charge >= 0.3 is 0 Å². The molecule has 2 saturated heterocycles. The Morgan fingerprint density at radius 1 is 1.38 bits per heavy atom. The molecular weight excluding hydrogens is 306 g/mol. The molecule has 2 aromatic rings. The highest BCUT2D eigenvalue weighted by Gasteiger charge is 2.45. The van der Waals surface area contributed by atoms with E-state index in [4.69, 9.17) is 9.15 Å². The van der Waals surface area contributed by atoms with Crippen molar-refractivity contribution in [1.82, 2.24) is 15.2 Å². The normalized spacial score (nSPS) is 26.4. The molecule has 0 spiro atoms. The molecule has 1 N–H and O–H groups in total. The van der Waals surface area contributed by atoms with Crippen LogP contribution in [0.25, 0.3) is 0 Å². The third-order valence-electron chi connectivity index (χ3n) is 4.81. The van der Waals surface area contributed by atoms with Crippen LogP contribution < -0.4 is 5.32 Å². The average Bonchev–Trinajstić information content (AvgIpc) is 3.32. The lowest BCUT2D eigenvalue weighted by Crippen LogP contribution is -2.36. The van der Waals surface area contributed by atoms with E-state index >= 15 is 0 Å². The van der Waals surface area contributed by atoms with Crippen molar-refractivity contribution in [2.45, 2.75) is 44.2 Å². The highest BCUT2D eigenvalue weighted by Crippen LogP contribution is 2.34. The second-order valence-electron chi connectivity index (χ2n) is 6.38. The van der Waals surface area contributed by atoms with Gasteiger partial charge in [-0.05, 0) is 30.2 Å². The van der Waals surface area contributed by atoms with Crippen LogP contribution in [0.5, 0.6) is 0 Å². The summed E-state index contributed by atoms with van der Waals surface area (Å²) in [6, 6.07) is 8.00. The summed E-state index contributed by atoms with van der Waals surface area (Å²) < 4.78 is 11.4. The number of carbonyl (C=O) groups is 1. The molecule has 126 valence electrons. The van der Waals surface area contributed by atoms with E-state index in [-0.39, 0.29) is 18.1 Å².